The monoisotopic (exact) mass is 326 g/mol. The first kappa shape index (κ1) is 15.8. The molecule has 0 saturated carbocycles. The average Bonchev–Trinajstić information content (AvgIpc) is 3.17. The molecule has 2 atom stereocenters. The van der Waals surface area contributed by atoms with Crippen LogP contribution in [0.15, 0.2) is 18.2 Å². The molecule has 1 aromatic rings. The van der Waals surface area contributed by atoms with Crippen LogP contribution in [0.25, 0.3) is 0 Å². The van der Waals surface area contributed by atoms with Gasteiger partial charge in [-0.1, -0.05) is 12.1 Å². The number of rotatable bonds is 4. The van der Waals surface area contributed by atoms with E-state index in [9.17, 15) is 9.59 Å². The van der Waals surface area contributed by atoms with Crippen molar-refractivity contribution in [1.82, 2.24) is 10.2 Å². The highest BCUT2D eigenvalue weighted by Gasteiger charge is 2.31. The molecule has 1 aliphatic carbocycles. The lowest BCUT2D eigenvalue weighted by molar-refractivity contribution is -0.131. The third kappa shape index (κ3) is 3.25. The van der Waals surface area contributed by atoms with Crippen molar-refractivity contribution in [2.45, 2.75) is 63.5 Å². The Morgan fingerprint density at radius 3 is 2.79 bits per heavy atom. The zero-order chi connectivity index (χ0) is 16.5. The van der Waals surface area contributed by atoms with Crippen molar-refractivity contribution in [3.8, 4) is 0 Å². The van der Waals surface area contributed by atoms with E-state index in [-0.39, 0.29) is 11.7 Å². The molecule has 2 fully saturated rings. The van der Waals surface area contributed by atoms with E-state index in [1.165, 1.54) is 30.4 Å². The number of benzene rings is 1. The number of hydrogen-bond donors (Lipinski definition) is 1. The van der Waals surface area contributed by atoms with Gasteiger partial charge in [-0.05, 0) is 55.7 Å². The Morgan fingerprint density at radius 1 is 1.04 bits per heavy atom. The van der Waals surface area contributed by atoms with E-state index in [1.54, 1.807) is 0 Å². The highest BCUT2D eigenvalue weighted by Crippen LogP contribution is 2.24. The summed E-state index contributed by atoms with van der Waals surface area (Å²) in [5.41, 5.74) is 3.48. The predicted octanol–water partition coefficient (Wildman–Crippen LogP) is 2.49. The zero-order valence-electron chi connectivity index (χ0n) is 14.2. The topological polar surface area (TPSA) is 49.4 Å². The normalized spacial score (nSPS) is 25.4. The molecule has 0 aromatic heterocycles. The summed E-state index contributed by atoms with van der Waals surface area (Å²) in [6.07, 6.45) is 7.53. The summed E-state index contributed by atoms with van der Waals surface area (Å²) in [6.45, 7) is 1.64. The average molecular weight is 326 g/mol. The molecule has 1 aromatic carbocycles. The van der Waals surface area contributed by atoms with Gasteiger partial charge in [0.05, 0.1) is 0 Å². The minimum Gasteiger partial charge on any atom is -0.341 e. The number of carbonyl (C=O) groups is 2. The molecular formula is C20H26N2O2. The van der Waals surface area contributed by atoms with Crippen LogP contribution >= 0.6 is 0 Å². The maximum Gasteiger partial charge on any atom is 0.223 e. The lowest BCUT2D eigenvalue weighted by Crippen LogP contribution is -2.39. The third-order valence-electron chi connectivity index (χ3n) is 5.86. The van der Waals surface area contributed by atoms with Crippen LogP contribution in [0.3, 0.4) is 0 Å². The van der Waals surface area contributed by atoms with Crippen LogP contribution in [-0.2, 0) is 17.6 Å². The first-order chi connectivity index (χ1) is 11.7. The van der Waals surface area contributed by atoms with Gasteiger partial charge >= 0.3 is 0 Å². The van der Waals surface area contributed by atoms with Crippen molar-refractivity contribution in [3.63, 3.8) is 0 Å². The molecule has 128 valence electrons. The number of aryl methyl sites for hydroxylation is 2. The first-order valence-electron chi connectivity index (χ1n) is 9.38. The lowest BCUT2D eigenvalue weighted by Gasteiger charge is -2.24. The summed E-state index contributed by atoms with van der Waals surface area (Å²) in [6, 6.07) is 7.11. The van der Waals surface area contributed by atoms with Crippen molar-refractivity contribution in [2.75, 3.05) is 13.1 Å². The van der Waals surface area contributed by atoms with Crippen molar-refractivity contribution >= 4 is 11.7 Å². The molecule has 2 bridgehead atoms. The van der Waals surface area contributed by atoms with Crippen LogP contribution < -0.4 is 5.32 Å². The largest absolute Gasteiger partial charge is 0.341 e. The van der Waals surface area contributed by atoms with Crippen LogP contribution in [0.2, 0.25) is 0 Å². The molecule has 2 saturated heterocycles. The van der Waals surface area contributed by atoms with Gasteiger partial charge in [0.15, 0.2) is 5.78 Å². The summed E-state index contributed by atoms with van der Waals surface area (Å²) in [5.74, 6) is 0.242. The van der Waals surface area contributed by atoms with Gasteiger partial charge in [-0.3, -0.25) is 9.59 Å². The standard InChI is InChI=1S/C20H26N2O2/c23-19(16-5-4-14-2-1-3-15(14)12-16)8-9-20(24)22-11-10-17-6-7-18(13-22)21-17/h4-5,12,17-18,21H,1-3,6-11,13H2. The Hall–Kier alpha value is -1.68. The molecule has 4 rings (SSSR count). The van der Waals surface area contributed by atoms with E-state index >= 15 is 0 Å². The number of nitrogens with zero attached hydrogens (tertiary/aromatic N) is 1. The number of ketones is 1. The van der Waals surface area contributed by atoms with E-state index in [0.717, 1.165) is 37.9 Å². The molecule has 2 aliphatic heterocycles. The van der Waals surface area contributed by atoms with Gasteiger partial charge in [-0.25, -0.2) is 0 Å². The molecule has 2 heterocycles. The van der Waals surface area contributed by atoms with Crippen LogP contribution in [0.5, 0.6) is 0 Å². The van der Waals surface area contributed by atoms with Crippen molar-refractivity contribution < 1.29 is 9.59 Å². The second kappa shape index (κ2) is 6.67. The number of fused-ring (bicyclic) bond motifs is 3. The zero-order valence-corrected chi connectivity index (χ0v) is 14.2. The maximum absolute atomic E-state index is 12.5. The van der Waals surface area contributed by atoms with Gasteiger partial charge in [0.2, 0.25) is 5.91 Å². The van der Waals surface area contributed by atoms with Gasteiger partial charge in [0, 0.05) is 43.6 Å². The molecule has 1 N–H and O–H groups in total. The van der Waals surface area contributed by atoms with Crippen LogP contribution in [0.4, 0.5) is 0 Å². The molecule has 2 unspecified atom stereocenters. The molecular weight excluding hydrogens is 300 g/mol. The fourth-order valence-electron chi connectivity index (χ4n) is 4.44. The van der Waals surface area contributed by atoms with Gasteiger partial charge in [-0.2, -0.15) is 0 Å². The highest BCUT2D eigenvalue weighted by molar-refractivity contribution is 5.98. The summed E-state index contributed by atoms with van der Waals surface area (Å²) in [4.78, 5) is 26.9. The number of carbonyl (C=O) groups excluding carboxylic acids is 2. The van der Waals surface area contributed by atoms with Gasteiger partial charge in [0.25, 0.3) is 0 Å². The fraction of sp³-hybridized carbons (Fsp3) is 0.600. The molecule has 1 amide bonds. The van der Waals surface area contributed by atoms with Gasteiger partial charge in [0.1, 0.15) is 0 Å². The summed E-state index contributed by atoms with van der Waals surface area (Å²) < 4.78 is 0. The first-order valence-corrected chi connectivity index (χ1v) is 9.38. The van der Waals surface area contributed by atoms with Gasteiger partial charge < -0.3 is 10.2 Å². The number of Topliss-reactive ketones (excluding diaryl/α,β-unsaturated/α-hetero) is 1. The molecule has 24 heavy (non-hydrogen) atoms. The molecule has 0 radical (unpaired) electrons. The van der Waals surface area contributed by atoms with Gasteiger partial charge in [-0.15, -0.1) is 0 Å². The minimum atomic E-state index is 0.104. The SMILES string of the molecule is O=C(CCC(=O)N1CCC2CCC(C1)N2)c1ccc2c(c1)CCC2. The number of nitrogens with one attached hydrogen (secondary N) is 1. The highest BCUT2D eigenvalue weighted by atomic mass is 16.2. The molecule has 4 nitrogen and oxygen atoms in total. The maximum atomic E-state index is 12.5. The number of amides is 1. The van der Waals surface area contributed by atoms with E-state index in [0.29, 0.717) is 24.9 Å². The second-order valence-corrected chi connectivity index (χ2v) is 7.53. The van der Waals surface area contributed by atoms with E-state index in [2.05, 4.69) is 11.4 Å². The lowest BCUT2D eigenvalue weighted by atomic mass is 10.0. The van der Waals surface area contributed by atoms with Crippen molar-refractivity contribution in [2.24, 2.45) is 0 Å². The van der Waals surface area contributed by atoms with Crippen LogP contribution in [-0.4, -0.2) is 41.8 Å². The second-order valence-electron chi connectivity index (χ2n) is 7.53. The number of hydrogen-bond acceptors (Lipinski definition) is 3. The Kier molecular flexibility index (Phi) is 4.40. The number of likely N-dealkylation sites (tertiary alicyclic amines) is 1. The van der Waals surface area contributed by atoms with Crippen molar-refractivity contribution in [3.05, 3.63) is 34.9 Å². The minimum absolute atomic E-state index is 0.104. The summed E-state index contributed by atoms with van der Waals surface area (Å²) in [5, 5.41) is 3.59. The summed E-state index contributed by atoms with van der Waals surface area (Å²) in [7, 11) is 0. The summed E-state index contributed by atoms with van der Waals surface area (Å²) >= 11 is 0. The predicted molar refractivity (Wildman–Crippen MR) is 93.2 cm³/mol. The Bertz CT molecular complexity index is 655. The van der Waals surface area contributed by atoms with Crippen LogP contribution in [0.1, 0.15) is 60.0 Å². The molecule has 4 heteroatoms. The van der Waals surface area contributed by atoms with Crippen LogP contribution in [0, 0.1) is 0 Å². The fourth-order valence-corrected chi connectivity index (χ4v) is 4.44. The Labute approximate surface area is 143 Å². The third-order valence-corrected chi connectivity index (χ3v) is 5.86. The van der Waals surface area contributed by atoms with Crippen molar-refractivity contribution in [1.29, 1.82) is 0 Å². The molecule has 3 aliphatic rings. The Balaban J connectivity index is 1.32. The quantitative estimate of drug-likeness (QED) is 0.865. The van der Waals surface area contributed by atoms with E-state index in [1.807, 2.05) is 17.0 Å². The van der Waals surface area contributed by atoms with E-state index < -0.39 is 0 Å². The Morgan fingerprint density at radius 2 is 1.88 bits per heavy atom. The molecule has 0 spiro atoms. The smallest absolute Gasteiger partial charge is 0.223 e. The van der Waals surface area contributed by atoms with E-state index in [4.69, 9.17) is 0 Å².